The molecule has 0 aliphatic heterocycles. The van der Waals surface area contributed by atoms with E-state index in [1.54, 1.807) is 6.92 Å². The molecule has 120 valence electrons. The molecule has 1 unspecified atom stereocenters. The van der Waals surface area contributed by atoms with Gasteiger partial charge in [0, 0.05) is 6.42 Å². The summed E-state index contributed by atoms with van der Waals surface area (Å²) in [5.74, 6) is 0.738. The lowest BCUT2D eigenvalue weighted by atomic mass is 10.1. The Morgan fingerprint density at radius 1 is 1.04 bits per heavy atom. The molecular formula is C20H22O3. The van der Waals surface area contributed by atoms with E-state index in [0.29, 0.717) is 13.2 Å². The summed E-state index contributed by atoms with van der Waals surface area (Å²) in [6.07, 6.45) is 1.59. The van der Waals surface area contributed by atoms with Crippen LogP contribution in [0.15, 0.2) is 67.3 Å². The first kappa shape index (κ1) is 17.0. The maximum atomic E-state index is 11.3. The molecule has 0 radical (unpaired) electrons. The summed E-state index contributed by atoms with van der Waals surface area (Å²) in [6, 6.07) is 18.2. The average molecular weight is 310 g/mol. The number of ketones is 1. The third-order valence-electron chi connectivity index (χ3n) is 3.49. The van der Waals surface area contributed by atoms with Crippen LogP contribution in [0, 0.1) is 0 Å². The molecule has 0 spiro atoms. The number of benzene rings is 2. The van der Waals surface area contributed by atoms with Crippen molar-refractivity contribution in [2.24, 2.45) is 0 Å². The molecule has 23 heavy (non-hydrogen) atoms. The van der Waals surface area contributed by atoms with Gasteiger partial charge >= 0.3 is 0 Å². The summed E-state index contributed by atoms with van der Waals surface area (Å²) in [6.45, 7) is 6.21. The lowest BCUT2D eigenvalue weighted by molar-refractivity contribution is -0.124. The monoisotopic (exact) mass is 310 g/mol. The van der Waals surface area contributed by atoms with Crippen molar-refractivity contribution in [1.29, 1.82) is 0 Å². The first-order valence-corrected chi connectivity index (χ1v) is 7.77. The highest BCUT2D eigenvalue weighted by molar-refractivity contribution is 5.92. The molecule has 0 heterocycles. The van der Waals surface area contributed by atoms with Crippen LogP contribution >= 0.6 is 0 Å². The second-order valence-electron chi connectivity index (χ2n) is 5.21. The van der Waals surface area contributed by atoms with Crippen LogP contribution in [0.3, 0.4) is 0 Å². The van der Waals surface area contributed by atoms with Gasteiger partial charge in [-0.3, -0.25) is 4.79 Å². The summed E-state index contributed by atoms with van der Waals surface area (Å²) >= 11 is 0. The normalized spacial score (nSPS) is 11.7. The van der Waals surface area contributed by atoms with E-state index in [1.807, 2.05) is 42.5 Å². The Morgan fingerprint density at radius 3 is 2.35 bits per heavy atom. The summed E-state index contributed by atoms with van der Waals surface area (Å²) in [5, 5.41) is 0. The minimum atomic E-state index is -0.433. The predicted molar refractivity (Wildman–Crippen MR) is 92.6 cm³/mol. The van der Waals surface area contributed by atoms with E-state index >= 15 is 0 Å². The molecule has 0 aromatic heterocycles. The van der Waals surface area contributed by atoms with E-state index in [0.717, 1.165) is 17.7 Å². The standard InChI is InChI=1S/C20H22O3/c1-3-20(21)16(2)22-14-7-15-23-19-12-10-18(11-13-19)17-8-5-4-6-9-17/h3-6,8-13,16H,1,7,14-15H2,2H3. The molecular weight excluding hydrogens is 288 g/mol. The van der Waals surface area contributed by atoms with Crippen molar-refractivity contribution in [3.8, 4) is 16.9 Å². The largest absolute Gasteiger partial charge is 0.494 e. The quantitative estimate of drug-likeness (QED) is 0.512. The fourth-order valence-corrected chi connectivity index (χ4v) is 2.13. The Labute approximate surface area is 137 Å². The smallest absolute Gasteiger partial charge is 0.183 e. The molecule has 0 amide bonds. The van der Waals surface area contributed by atoms with Gasteiger partial charge in [-0.1, -0.05) is 49.0 Å². The molecule has 0 saturated carbocycles. The Kier molecular flexibility index (Phi) is 6.57. The zero-order valence-corrected chi connectivity index (χ0v) is 13.4. The van der Waals surface area contributed by atoms with E-state index < -0.39 is 6.10 Å². The van der Waals surface area contributed by atoms with Gasteiger partial charge in [-0.2, -0.15) is 0 Å². The Morgan fingerprint density at radius 2 is 1.70 bits per heavy atom. The van der Waals surface area contributed by atoms with Crippen molar-refractivity contribution in [3.05, 3.63) is 67.3 Å². The SMILES string of the molecule is C=CC(=O)C(C)OCCCOc1ccc(-c2ccccc2)cc1. The number of ether oxygens (including phenoxy) is 2. The first-order valence-electron chi connectivity index (χ1n) is 7.77. The van der Waals surface area contributed by atoms with Crippen molar-refractivity contribution >= 4 is 5.78 Å². The highest BCUT2D eigenvalue weighted by atomic mass is 16.5. The summed E-state index contributed by atoms with van der Waals surface area (Å²) in [5.41, 5.74) is 2.35. The van der Waals surface area contributed by atoms with Gasteiger partial charge in [0.25, 0.3) is 0 Å². The Bertz CT molecular complexity index is 617. The highest BCUT2D eigenvalue weighted by Gasteiger charge is 2.08. The van der Waals surface area contributed by atoms with Crippen molar-refractivity contribution in [2.45, 2.75) is 19.4 Å². The number of rotatable bonds is 9. The van der Waals surface area contributed by atoms with Crippen molar-refractivity contribution < 1.29 is 14.3 Å². The zero-order valence-electron chi connectivity index (χ0n) is 13.4. The fraction of sp³-hybridized carbons (Fsp3) is 0.250. The van der Waals surface area contributed by atoms with Crippen LogP contribution in [-0.2, 0) is 9.53 Å². The van der Waals surface area contributed by atoms with Crippen molar-refractivity contribution in [1.82, 2.24) is 0 Å². The molecule has 2 aromatic carbocycles. The molecule has 0 aliphatic rings. The molecule has 0 saturated heterocycles. The molecule has 0 fully saturated rings. The molecule has 2 rings (SSSR count). The van der Waals surface area contributed by atoms with Crippen molar-refractivity contribution in [2.75, 3.05) is 13.2 Å². The van der Waals surface area contributed by atoms with Gasteiger partial charge in [0.1, 0.15) is 11.9 Å². The van der Waals surface area contributed by atoms with Crippen LogP contribution in [0.1, 0.15) is 13.3 Å². The predicted octanol–water partition coefficient (Wildman–Crippen LogP) is 4.28. The Hall–Kier alpha value is -2.39. The molecule has 0 N–H and O–H groups in total. The second kappa shape index (κ2) is 8.91. The van der Waals surface area contributed by atoms with Crippen LogP contribution in [0.25, 0.3) is 11.1 Å². The third kappa shape index (κ3) is 5.38. The number of hydrogen-bond donors (Lipinski definition) is 0. The molecule has 3 nitrogen and oxygen atoms in total. The number of carbonyl (C=O) groups excluding carboxylic acids is 1. The highest BCUT2D eigenvalue weighted by Crippen LogP contribution is 2.22. The van der Waals surface area contributed by atoms with Gasteiger partial charge in [0.05, 0.1) is 13.2 Å². The van der Waals surface area contributed by atoms with E-state index in [-0.39, 0.29) is 5.78 Å². The van der Waals surface area contributed by atoms with Gasteiger partial charge in [0.2, 0.25) is 0 Å². The third-order valence-corrected chi connectivity index (χ3v) is 3.49. The number of hydrogen-bond acceptors (Lipinski definition) is 3. The Balaban J connectivity index is 1.72. The van der Waals surface area contributed by atoms with Gasteiger partial charge in [-0.15, -0.1) is 0 Å². The minimum absolute atomic E-state index is 0.0950. The summed E-state index contributed by atoms with van der Waals surface area (Å²) < 4.78 is 11.1. The number of carbonyl (C=O) groups is 1. The molecule has 0 aliphatic carbocycles. The van der Waals surface area contributed by atoms with Crippen LogP contribution < -0.4 is 4.74 Å². The lowest BCUT2D eigenvalue weighted by Gasteiger charge is -2.11. The van der Waals surface area contributed by atoms with Gasteiger partial charge in [-0.25, -0.2) is 0 Å². The summed E-state index contributed by atoms with van der Waals surface area (Å²) in [7, 11) is 0. The lowest BCUT2D eigenvalue weighted by Crippen LogP contribution is -2.19. The zero-order chi connectivity index (χ0) is 16.5. The van der Waals surface area contributed by atoms with E-state index in [2.05, 4.69) is 18.7 Å². The van der Waals surface area contributed by atoms with Crippen LogP contribution in [0.4, 0.5) is 0 Å². The topological polar surface area (TPSA) is 35.5 Å². The van der Waals surface area contributed by atoms with E-state index in [9.17, 15) is 4.79 Å². The molecule has 3 heteroatoms. The molecule has 1 atom stereocenters. The molecule has 2 aromatic rings. The minimum Gasteiger partial charge on any atom is -0.494 e. The van der Waals surface area contributed by atoms with E-state index in [4.69, 9.17) is 9.47 Å². The van der Waals surface area contributed by atoms with Crippen LogP contribution in [0.2, 0.25) is 0 Å². The first-order chi connectivity index (χ1) is 11.2. The maximum absolute atomic E-state index is 11.3. The van der Waals surface area contributed by atoms with E-state index in [1.165, 1.54) is 11.6 Å². The second-order valence-corrected chi connectivity index (χ2v) is 5.21. The van der Waals surface area contributed by atoms with Crippen LogP contribution in [0.5, 0.6) is 5.75 Å². The van der Waals surface area contributed by atoms with Gasteiger partial charge in [0.15, 0.2) is 5.78 Å². The average Bonchev–Trinajstić information content (AvgIpc) is 2.61. The summed E-state index contributed by atoms with van der Waals surface area (Å²) in [4.78, 5) is 11.3. The van der Waals surface area contributed by atoms with Crippen molar-refractivity contribution in [3.63, 3.8) is 0 Å². The van der Waals surface area contributed by atoms with Crippen LogP contribution in [-0.4, -0.2) is 25.1 Å². The van der Waals surface area contributed by atoms with Gasteiger partial charge < -0.3 is 9.47 Å². The van der Waals surface area contributed by atoms with Gasteiger partial charge in [-0.05, 0) is 36.3 Å². The maximum Gasteiger partial charge on any atom is 0.183 e. The fourth-order valence-electron chi connectivity index (χ4n) is 2.13. The molecule has 0 bridgehead atoms.